The maximum atomic E-state index is 12.5. The molecule has 0 aliphatic carbocycles. The highest BCUT2D eigenvalue weighted by molar-refractivity contribution is 5.84. The third-order valence-corrected chi connectivity index (χ3v) is 4.23. The van der Waals surface area contributed by atoms with Crippen LogP contribution in [0.4, 0.5) is 5.69 Å². The molecule has 1 heterocycles. The Kier molecular flexibility index (Phi) is 4.69. The molecule has 1 amide bonds. The number of nitrogens with zero attached hydrogens (tertiary/aromatic N) is 1. The van der Waals surface area contributed by atoms with Crippen molar-refractivity contribution in [2.75, 3.05) is 18.4 Å². The molecule has 2 rings (SSSR count). The quantitative estimate of drug-likeness (QED) is 0.916. The van der Waals surface area contributed by atoms with Crippen molar-refractivity contribution in [3.63, 3.8) is 0 Å². The van der Waals surface area contributed by atoms with Crippen molar-refractivity contribution in [2.45, 2.75) is 46.6 Å². The molecule has 0 spiro atoms. The van der Waals surface area contributed by atoms with Gasteiger partial charge in [-0.1, -0.05) is 13.0 Å². The van der Waals surface area contributed by atoms with Gasteiger partial charge in [0.1, 0.15) is 6.04 Å². The zero-order chi connectivity index (χ0) is 14.7. The Balaban J connectivity index is 1.98. The zero-order valence-electron chi connectivity index (χ0n) is 13.1. The largest absolute Gasteiger partial charge is 0.374 e. The summed E-state index contributed by atoms with van der Waals surface area (Å²) >= 11 is 0. The average molecular weight is 274 g/mol. The molecule has 0 radical (unpaired) electrons. The molecule has 0 bridgehead atoms. The Morgan fingerprint density at radius 1 is 1.35 bits per heavy atom. The number of carbonyl (C=O) groups is 1. The van der Waals surface area contributed by atoms with Gasteiger partial charge < -0.3 is 10.2 Å². The molecule has 20 heavy (non-hydrogen) atoms. The van der Waals surface area contributed by atoms with Gasteiger partial charge in [0.15, 0.2) is 0 Å². The van der Waals surface area contributed by atoms with Crippen LogP contribution < -0.4 is 5.32 Å². The van der Waals surface area contributed by atoms with Crippen molar-refractivity contribution in [1.82, 2.24) is 4.90 Å². The number of benzene rings is 1. The van der Waals surface area contributed by atoms with Crippen LogP contribution in [-0.4, -0.2) is 29.9 Å². The van der Waals surface area contributed by atoms with Gasteiger partial charge in [0.25, 0.3) is 0 Å². The van der Waals surface area contributed by atoms with Gasteiger partial charge in [-0.2, -0.15) is 0 Å². The van der Waals surface area contributed by atoms with E-state index in [1.807, 2.05) is 17.9 Å². The monoisotopic (exact) mass is 274 g/mol. The predicted molar refractivity (Wildman–Crippen MR) is 84.0 cm³/mol. The van der Waals surface area contributed by atoms with Crippen LogP contribution in [0.3, 0.4) is 0 Å². The summed E-state index contributed by atoms with van der Waals surface area (Å²) in [6, 6.07) is 6.09. The molecule has 1 aliphatic heterocycles. The summed E-state index contributed by atoms with van der Waals surface area (Å²) in [5.41, 5.74) is 3.56. The summed E-state index contributed by atoms with van der Waals surface area (Å²) in [6.07, 6.45) is 2.37. The zero-order valence-corrected chi connectivity index (χ0v) is 13.1. The smallest absolute Gasteiger partial charge is 0.244 e. The Hall–Kier alpha value is -1.51. The van der Waals surface area contributed by atoms with E-state index in [1.54, 1.807) is 0 Å². The lowest BCUT2D eigenvalue weighted by Crippen LogP contribution is -2.45. The molecule has 110 valence electrons. The topological polar surface area (TPSA) is 32.3 Å². The Morgan fingerprint density at radius 3 is 2.75 bits per heavy atom. The van der Waals surface area contributed by atoms with Crippen molar-refractivity contribution in [1.29, 1.82) is 0 Å². The number of hydrogen-bond donors (Lipinski definition) is 1. The van der Waals surface area contributed by atoms with Crippen molar-refractivity contribution < 1.29 is 4.79 Å². The summed E-state index contributed by atoms with van der Waals surface area (Å²) in [5.74, 6) is 0.844. The Labute approximate surface area is 122 Å². The summed E-state index contributed by atoms with van der Waals surface area (Å²) in [5, 5.41) is 3.33. The average Bonchev–Trinajstić information content (AvgIpc) is 2.42. The molecule has 3 nitrogen and oxygen atoms in total. The van der Waals surface area contributed by atoms with Gasteiger partial charge in [0, 0.05) is 18.8 Å². The lowest BCUT2D eigenvalue weighted by atomic mass is 10.00. The molecule has 1 aromatic carbocycles. The molecular formula is C17H26N2O. The van der Waals surface area contributed by atoms with Crippen LogP contribution in [0.15, 0.2) is 18.2 Å². The van der Waals surface area contributed by atoms with Crippen LogP contribution in [0, 0.1) is 19.8 Å². The lowest BCUT2D eigenvalue weighted by molar-refractivity contribution is -0.133. The highest BCUT2D eigenvalue weighted by Gasteiger charge is 2.24. The van der Waals surface area contributed by atoms with Crippen LogP contribution in [-0.2, 0) is 4.79 Å². The molecule has 1 aliphatic rings. The summed E-state index contributed by atoms with van der Waals surface area (Å²) in [4.78, 5) is 14.5. The first-order valence-electron chi connectivity index (χ1n) is 7.60. The van der Waals surface area contributed by atoms with Crippen LogP contribution in [0.5, 0.6) is 0 Å². The van der Waals surface area contributed by atoms with E-state index in [0.29, 0.717) is 5.92 Å². The van der Waals surface area contributed by atoms with Crippen molar-refractivity contribution in [2.24, 2.45) is 5.92 Å². The van der Waals surface area contributed by atoms with Gasteiger partial charge in [-0.25, -0.2) is 0 Å². The number of piperidine rings is 1. The molecule has 0 aromatic heterocycles. The second kappa shape index (κ2) is 6.29. The van der Waals surface area contributed by atoms with Crippen molar-refractivity contribution in [3.8, 4) is 0 Å². The molecule has 2 unspecified atom stereocenters. The van der Waals surface area contributed by atoms with Gasteiger partial charge in [0.2, 0.25) is 5.91 Å². The number of rotatable bonds is 3. The molecule has 1 aromatic rings. The second-order valence-electron chi connectivity index (χ2n) is 6.20. The fraction of sp³-hybridized carbons (Fsp3) is 0.588. The SMILES string of the molecule is Cc1ccc(NC(C)C(=O)N2CCCC(C)C2)cc1C. The van der Waals surface area contributed by atoms with E-state index in [-0.39, 0.29) is 11.9 Å². The Bertz CT molecular complexity index is 484. The number of carbonyl (C=O) groups excluding carboxylic acids is 1. The van der Waals surface area contributed by atoms with E-state index in [2.05, 4.69) is 38.2 Å². The van der Waals surface area contributed by atoms with Crippen molar-refractivity contribution >= 4 is 11.6 Å². The van der Waals surface area contributed by atoms with E-state index >= 15 is 0 Å². The van der Waals surface area contributed by atoms with E-state index in [9.17, 15) is 4.79 Å². The number of anilines is 1. The lowest BCUT2D eigenvalue weighted by Gasteiger charge is -2.33. The summed E-state index contributed by atoms with van der Waals surface area (Å²) < 4.78 is 0. The van der Waals surface area contributed by atoms with Gasteiger partial charge >= 0.3 is 0 Å². The normalized spacial score (nSPS) is 20.6. The number of hydrogen-bond acceptors (Lipinski definition) is 2. The number of nitrogens with one attached hydrogen (secondary N) is 1. The van der Waals surface area contributed by atoms with E-state index in [1.165, 1.54) is 17.5 Å². The number of amides is 1. The standard InChI is InChI=1S/C17H26N2O/c1-12-6-5-9-19(11-12)17(20)15(4)18-16-8-7-13(2)14(3)10-16/h7-8,10,12,15,18H,5-6,9,11H2,1-4H3. The molecule has 1 saturated heterocycles. The minimum atomic E-state index is -0.164. The molecule has 2 atom stereocenters. The fourth-order valence-electron chi connectivity index (χ4n) is 2.81. The van der Waals surface area contributed by atoms with Gasteiger partial charge in [-0.3, -0.25) is 4.79 Å². The predicted octanol–water partition coefficient (Wildman–Crippen LogP) is 3.36. The third-order valence-electron chi connectivity index (χ3n) is 4.23. The number of likely N-dealkylation sites (tertiary alicyclic amines) is 1. The van der Waals surface area contributed by atoms with Gasteiger partial charge in [0.05, 0.1) is 0 Å². The van der Waals surface area contributed by atoms with Gasteiger partial charge in [-0.05, 0) is 62.8 Å². The maximum Gasteiger partial charge on any atom is 0.244 e. The maximum absolute atomic E-state index is 12.5. The third kappa shape index (κ3) is 3.53. The molecule has 3 heteroatoms. The van der Waals surface area contributed by atoms with E-state index < -0.39 is 0 Å². The summed E-state index contributed by atoms with van der Waals surface area (Å²) in [6.45, 7) is 10.2. The second-order valence-corrected chi connectivity index (χ2v) is 6.20. The minimum absolute atomic E-state index is 0.164. The first-order valence-corrected chi connectivity index (χ1v) is 7.60. The number of aryl methyl sites for hydroxylation is 2. The molecule has 1 fully saturated rings. The first kappa shape index (κ1) is 14.9. The molecular weight excluding hydrogens is 248 g/mol. The van der Waals surface area contributed by atoms with Crippen LogP contribution in [0.2, 0.25) is 0 Å². The van der Waals surface area contributed by atoms with Crippen LogP contribution in [0.25, 0.3) is 0 Å². The highest BCUT2D eigenvalue weighted by atomic mass is 16.2. The Morgan fingerprint density at radius 2 is 2.10 bits per heavy atom. The fourth-order valence-corrected chi connectivity index (χ4v) is 2.81. The van der Waals surface area contributed by atoms with Crippen molar-refractivity contribution in [3.05, 3.63) is 29.3 Å². The molecule has 1 N–H and O–H groups in total. The van der Waals surface area contributed by atoms with Crippen LogP contribution >= 0.6 is 0 Å². The molecule has 0 saturated carbocycles. The minimum Gasteiger partial charge on any atom is -0.374 e. The highest BCUT2D eigenvalue weighted by Crippen LogP contribution is 2.18. The van der Waals surface area contributed by atoms with Crippen LogP contribution in [0.1, 0.15) is 37.8 Å². The van der Waals surface area contributed by atoms with E-state index in [4.69, 9.17) is 0 Å². The first-order chi connectivity index (χ1) is 9.47. The summed E-state index contributed by atoms with van der Waals surface area (Å²) in [7, 11) is 0. The van der Waals surface area contributed by atoms with E-state index in [0.717, 1.165) is 25.2 Å². The van der Waals surface area contributed by atoms with Gasteiger partial charge in [-0.15, -0.1) is 0 Å².